The summed E-state index contributed by atoms with van der Waals surface area (Å²) in [5.74, 6) is -1.38. The minimum Gasteiger partial charge on any atom is -0.484 e. The Morgan fingerprint density at radius 1 is 0.882 bits per heavy atom. The van der Waals surface area contributed by atoms with Gasteiger partial charge in [0.05, 0.1) is 6.21 Å². The molecule has 0 heterocycles. The molecule has 8 heteroatoms. The molecule has 0 aromatic heterocycles. The zero-order valence-electron chi connectivity index (χ0n) is 19.0. The first kappa shape index (κ1) is 24.2. The standard InChI is InChI=1S/C26H26N4O4/c1-18-7-9-20(10-8-18)15-27-25(32)26(33)30-28-16-21-11-13-22(14-12-21)34-17-24(31)29-23-6-4-3-5-19(23)2/h3-14,16H,15,17H2,1-2H3,(H,27,32)(H,29,31)(H,30,33)/b28-16-. The third kappa shape index (κ3) is 7.59. The van der Waals surface area contributed by atoms with Crippen LogP contribution in [0.4, 0.5) is 5.69 Å². The quantitative estimate of drug-likeness (QED) is 0.274. The molecule has 3 aromatic rings. The van der Waals surface area contributed by atoms with Gasteiger partial charge in [-0.25, -0.2) is 5.43 Å². The Kier molecular flexibility index (Phi) is 8.51. The van der Waals surface area contributed by atoms with Gasteiger partial charge in [0.1, 0.15) is 5.75 Å². The minimum absolute atomic E-state index is 0.129. The van der Waals surface area contributed by atoms with Gasteiger partial charge in [0.15, 0.2) is 6.61 Å². The van der Waals surface area contributed by atoms with Crippen LogP contribution in [0.1, 0.15) is 22.3 Å². The Morgan fingerprint density at radius 3 is 2.29 bits per heavy atom. The number of nitrogens with zero attached hydrogens (tertiary/aromatic N) is 1. The summed E-state index contributed by atoms with van der Waals surface area (Å²) in [6.45, 7) is 4.01. The van der Waals surface area contributed by atoms with Crippen molar-refractivity contribution in [3.8, 4) is 5.75 Å². The van der Waals surface area contributed by atoms with Crippen LogP contribution in [-0.2, 0) is 20.9 Å². The fourth-order valence-corrected chi connectivity index (χ4v) is 2.88. The lowest BCUT2D eigenvalue weighted by Gasteiger charge is -2.09. The Bertz CT molecular complexity index is 1170. The normalized spacial score (nSPS) is 10.5. The predicted octanol–water partition coefficient (Wildman–Crippen LogP) is 3.09. The van der Waals surface area contributed by atoms with Crippen LogP contribution in [-0.4, -0.2) is 30.5 Å². The summed E-state index contributed by atoms with van der Waals surface area (Å²) in [6.07, 6.45) is 1.40. The Balaban J connectivity index is 1.40. The van der Waals surface area contributed by atoms with Gasteiger partial charge in [0, 0.05) is 12.2 Å². The molecular formula is C26H26N4O4. The van der Waals surface area contributed by atoms with Crippen molar-refractivity contribution in [1.29, 1.82) is 0 Å². The SMILES string of the molecule is Cc1ccc(CNC(=O)C(=O)N/N=C\c2ccc(OCC(=O)Nc3ccccc3C)cc2)cc1. The highest BCUT2D eigenvalue weighted by Crippen LogP contribution is 2.14. The van der Waals surface area contributed by atoms with E-state index in [2.05, 4.69) is 21.2 Å². The van der Waals surface area contributed by atoms with Gasteiger partial charge >= 0.3 is 11.8 Å². The highest BCUT2D eigenvalue weighted by atomic mass is 16.5. The number of aryl methyl sites for hydroxylation is 2. The molecule has 0 aliphatic heterocycles. The predicted molar refractivity (Wildman–Crippen MR) is 131 cm³/mol. The van der Waals surface area contributed by atoms with Gasteiger partial charge in [-0.3, -0.25) is 14.4 Å². The van der Waals surface area contributed by atoms with Gasteiger partial charge in [0.25, 0.3) is 5.91 Å². The third-order valence-electron chi connectivity index (χ3n) is 4.83. The van der Waals surface area contributed by atoms with E-state index in [4.69, 9.17) is 4.74 Å². The molecule has 0 spiro atoms. The van der Waals surface area contributed by atoms with Crippen LogP contribution < -0.4 is 20.8 Å². The van der Waals surface area contributed by atoms with E-state index in [0.29, 0.717) is 11.3 Å². The third-order valence-corrected chi connectivity index (χ3v) is 4.83. The topological polar surface area (TPSA) is 109 Å². The van der Waals surface area contributed by atoms with Crippen LogP contribution in [0, 0.1) is 13.8 Å². The zero-order valence-corrected chi connectivity index (χ0v) is 19.0. The Morgan fingerprint density at radius 2 is 1.59 bits per heavy atom. The maximum atomic E-state index is 12.1. The molecule has 0 unspecified atom stereocenters. The number of para-hydroxylation sites is 1. The van der Waals surface area contributed by atoms with E-state index in [1.807, 2.05) is 62.4 Å². The second-order valence-corrected chi connectivity index (χ2v) is 7.59. The monoisotopic (exact) mass is 458 g/mol. The van der Waals surface area contributed by atoms with Crippen molar-refractivity contribution < 1.29 is 19.1 Å². The first-order valence-electron chi connectivity index (χ1n) is 10.7. The van der Waals surface area contributed by atoms with Gasteiger partial charge in [0.2, 0.25) is 0 Å². The van der Waals surface area contributed by atoms with E-state index in [1.165, 1.54) is 6.21 Å². The van der Waals surface area contributed by atoms with Gasteiger partial charge in [-0.2, -0.15) is 5.10 Å². The van der Waals surface area contributed by atoms with Crippen molar-refractivity contribution in [3.63, 3.8) is 0 Å². The van der Waals surface area contributed by atoms with E-state index in [1.54, 1.807) is 24.3 Å². The average Bonchev–Trinajstić information content (AvgIpc) is 2.84. The van der Waals surface area contributed by atoms with Crippen LogP contribution in [0.2, 0.25) is 0 Å². The molecule has 3 amide bonds. The molecule has 8 nitrogen and oxygen atoms in total. The molecule has 34 heavy (non-hydrogen) atoms. The smallest absolute Gasteiger partial charge is 0.329 e. The van der Waals surface area contributed by atoms with Crippen molar-refractivity contribution in [1.82, 2.24) is 10.7 Å². The van der Waals surface area contributed by atoms with Gasteiger partial charge in [-0.15, -0.1) is 0 Å². The maximum absolute atomic E-state index is 12.1. The number of hydrazone groups is 1. The lowest BCUT2D eigenvalue weighted by atomic mass is 10.1. The number of rotatable bonds is 8. The summed E-state index contributed by atoms with van der Waals surface area (Å²) in [7, 11) is 0. The summed E-state index contributed by atoms with van der Waals surface area (Å²) in [5, 5.41) is 9.14. The molecule has 174 valence electrons. The Hall–Kier alpha value is -4.46. The zero-order chi connectivity index (χ0) is 24.3. The second kappa shape index (κ2) is 12.0. The minimum atomic E-state index is -0.858. The molecule has 3 rings (SSSR count). The van der Waals surface area contributed by atoms with Crippen molar-refractivity contribution in [3.05, 3.63) is 95.1 Å². The lowest BCUT2D eigenvalue weighted by molar-refractivity contribution is -0.139. The average molecular weight is 459 g/mol. The Labute approximate surface area is 198 Å². The number of nitrogens with one attached hydrogen (secondary N) is 3. The van der Waals surface area contributed by atoms with Crippen molar-refractivity contribution in [2.75, 3.05) is 11.9 Å². The van der Waals surface area contributed by atoms with E-state index in [0.717, 1.165) is 22.4 Å². The number of carbonyl (C=O) groups excluding carboxylic acids is 3. The second-order valence-electron chi connectivity index (χ2n) is 7.59. The van der Waals surface area contributed by atoms with Gasteiger partial charge < -0.3 is 15.4 Å². The molecule has 0 radical (unpaired) electrons. The first-order chi connectivity index (χ1) is 16.4. The summed E-state index contributed by atoms with van der Waals surface area (Å²) in [4.78, 5) is 35.8. The van der Waals surface area contributed by atoms with Crippen LogP contribution in [0.3, 0.4) is 0 Å². The van der Waals surface area contributed by atoms with Gasteiger partial charge in [-0.1, -0.05) is 48.0 Å². The number of benzene rings is 3. The highest BCUT2D eigenvalue weighted by molar-refractivity contribution is 6.35. The van der Waals surface area contributed by atoms with E-state index < -0.39 is 11.8 Å². The molecule has 0 saturated carbocycles. The highest BCUT2D eigenvalue weighted by Gasteiger charge is 2.12. The number of anilines is 1. The fourth-order valence-electron chi connectivity index (χ4n) is 2.88. The number of ether oxygens (including phenoxy) is 1. The van der Waals surface area contributed by atoms with E-state index in [-0.39, 0.29) is 19.1 Å². The number of amides is 3. The van der Waals surface area contributed by atoms with Crippen molar-refractivity contribution in [2.24, 2.45) is 5.10 Å². The maximum Gasteiger partial charge on any atom is 0.329 e. The van der Waals surface area contributed by atoms with Crippen LogP contribution >= 0.6 is 0 Å². The first-order valence-corrected chi connectivity index (χ1v) is 10.7. The fraction of sp³-hybridized carbons (Fsp3) is 0.154. The molecule has 0 fully saturated rings. The molecule has 0 aliphatic rings. The molecule has 0 bridgehead atoms. The molecule has 3 aromatic carbocycles. The van der Waals surface area contributed by atoms with Crippen LogP contribution in [0.5, 0.6) is 5.75 Å². The van der Waals surface area contributed by atoms with E-state index >= 15 is 0 Å². The summed E-state index contributed by atoms with van der Waals surface area (Å²) >= 11 is 0. The summed E-state index contributed by atoms with van der Waals surface area (Å²) < 4.78 is 5.50. The molecule has 0 atom stereocenters. The molecule has 0 aliphatic carbocycles. The van der Waals surface area contributed by atoms with Crippen molar-refractivity contribution >= 4 is 29.6 Å². The number of hydrogen-bond donors (Lipinski definition) is 3. The van der Waals surface area contributed by atoms with Crippen LogP contribution in [0.25, 0.3) is 0 Å². The molecular weight excluding hydrogens is 432 g/mol. The number of hydrogen-bond acceptors (Lipinski definition) is 5. The largest absolute Gasteiger partial charge is 0.484 e. The van der Waals surface area contributed by atoms with E-state index in [9.17, 15) is 14.4 Å². The van der Waals surface area contributed by atoms with Crippen LogP contribution in [0.15, 0.2) is 77.9 Å². The van der Waals surface area contributed by atoms with Crippen molar-refractivity contribution in [2.45, 2.75) is 20.4 Å². The summed E-state index contributed by atoms with van der Waals surface area (Å²) in [6, 6.07) is 21.9. The summed E-state index contributed by atoms with van der Waals surface area (Å²) in [5.41, 5.74) is 6.59. The molecule has 0 saturated heterocycles. The molecule has 3 N–H and O–H groups in total. The number of carbonyl (C=O) groups is 3. The lowest BCUT2D eigenvalue weighted by Crippen LogP contribution is -2.37. The van der Waals surface area contributed by atoms with Gasteiger partial charge in [-0.05, 0) is 60.9 Å².